The van der Waals surface area contributed by atoms with Crippen LogP contribution in [0.3, 0.4) is 0 Å². The maximum atomic E-state index is 12.2. The fourth-order valence-electron chi connectivity index (χ4n) is 2.00. The maximum absolute atomic E-state index is 12.2. The predicted octanol–water partition coefficient (Wildman–Crippen LogP) is 1.91. The van der Waals surface area contributed by atoms with Crippen molar-refractivity contribution in [2.24, 2.45) is 7.05 Å². The fourth-order valence-corrected chi connectivity index (χ4v) is 2.67. The number of carbonyl (C=O) groups excluding carboxylic acids is 1. The highest BCUT2D eigenvalue weighted by Crippen LogP contribution is 2.20. The summed E-state index contributed by atoms with van der Waals surface area (Å²) in [7, 11) is 1.84. The Kier molecular flexibility index (Phi) is 4.47. The number of hydrogen-bond donors (Lipinski definition) is 2. The molecule has 8 nitrogen and oxygen atoms in total. The average molecular weight is 332 g/mol. The van der Waals surface area contributed by atoms with E-state index in [9.17, 15) is 4.79 Å². The molecule has 0 aliphatic rings. The fraction of sp³-hybridized carbons (Fsp3) is 0.286. The average Bonchev–Trinajstić information content (AvgIpc) is 3.26. The molecule has 0 spiro atoms. The molecule has 0 unspecified atom stereocenters. The van der Waals surface area contributed by atoms with Gasteiger partial charge in [-0.1, -0.05) is 11.8 Å². The van der Waals surface area contributed by atoms with Gasteiger partial charge in [0.1, 0.15) is 12.1 Å². The van der Waals surface area contributed by atoms with Crippen molar-refractivity contribution < 1.29 is 9.21 Å². The third kappa shape index (κ3) is 3.81. The van der Waals surface area contributed by atoms with E-state index in [2.05, 4.69) is 25.6 Å². The van der Waals surface area contributed by atoms with Crippen molar-refractivity contribution in [2.75, 3.05) is 0 Å². The first-order valence-electron chi connectivity index (χ1n) is 6.98. The Morgan fingerprint density at radius 3 is 3.09 bits per heavy atom. The largest absolute Gasteiger partial charge is 0.455 e. The van der Waals surface area contributed by atoms with Gasteiger partial charge in [-0.3, -0.25) is 14.6 Å². The lowest BCUT2D eigenvalue weighted by molar-refractivity contribution is 0.0910. The second-order valence-corrected chi connectivity index (χ2v) is 5.95. The van der Waals surface area contributed by atoms with E-state index < -0.39 is 0 Å². The molecule has 0 aliphatic carbocycles. The van der Waals surface area contributed by atoms with Crippen molar-refractivity contribution in [3.05, 3.63) is 47.9 Å². The Balaban J connectivity index is 1.57. The summed E-state index contributed by atoms with van der Waals surface area (Å²) in [6, 6.07) is 3.31. The number of rotatable bonds is 6. The van der Waals surface area contributed by atoms with Crippen molar-refractivity contribution in [2.45, 2.75) is 23.9 Å². The molecule has 0 radical (unpaired) electrons. The number of carbonyl (C=O) groups is 1. The van der Waals surface area contributed by atoms with Gasteiger partial charge in [0, 0.05) is 18.8 Å². The zero-order valence-electron chi connectivity index (χ0n) is 12.7. The smallest absolute Gasteiger partial charge is 0.287 e. The Hall–Kier alpha value is -2.55. The van der Waals surface area contributed by atoms with Crippen LogP contribution in [0.25, 0.3) is 0 Å². The lowest BCUT2D eigenvalue weighted by Gasteiger charge is -2.10. The monoisotopic (exact) mass is 332 g/mol. The third-order valence-corrected chi connectivity index (χ3v) is 4.10. The van der Waals surface area contributed by atoms with Crippen molar-refractivity contribution in [1.29, 1.82) is 0 Å². The number of nitrogens with zero attached hydrogens (tertiary/aromatic N) is 4. The first kappa shape index (κ1) is 15.3. The van der Waals surface area contributed by atoms with Crippen LogP contribution in [0, 0.1) is 0 Å². The number of furan rings is 1. The van der Waals surface area contributed by atoms with E-state index in [1.54, 1.807) is 23.0 Å². The number of hydrogen-bond acceptors (Lipinski definition) is 6. The van der Waals surface area contributed by atoms with Crippen molar-refractivity contribution in [3.8, 4) is 0 Å². The van der Waals surface area contributed by atoms with Gasteiger partial charge >= 0.3 is 0 Å². The Bertz CT molecular complexity index is 779. The molecule has 0 saturated heterocycles. The zero-order chi connectivity index (χ0) is 16.2. The Morgan fingerprint density at radius 2 is 2.39 bits per heavy atom. The van der Waals surface area contributed by atoms with Crippen LogP contribution in [0.15, 0.2) is 40.4 Å². The van der Waals surface area contributed by atoms with E-state index in [1.807, 2.05) is 20.2 Å². The van der Waals surface area contributed by atoms with E-state index in [-0.39, 0.29) is 17.7 Å². The standard InChI is InChI=1S/C14H16N6O2S/c1-9(10-5-17-20(2)6-10)18-13(21)12-4-3-11(22-12)7-23-14-15-8-16-19-14/h3-6,8-9H,7H2,1-2H3,(H,18,21)(H,15,16,19)/t9-/m1/s1. The summed E-state index contributed by atoms with van der Waals surface area (Å²) in [6.45, 7) is 1.90. The highest BCUT2D eigenvalue weighted by atomic mass is 32.2. The molecule has 3 heterocycles. The van der Waals surface area contributed by atoms with Gasteiger partial charge < -0.3 is 9.73 Å². The number of aromatic nitrogens is 5. The van der Waals surface area contributed by atoms with E-state index >= 15 is 0 Å². The number of aromatic amines is 1. The SMILES string of the molecule is C[C@@H](NC(=O)c1ccc(CSc2ncn[nH]2)o1)c1cnn(C)c1. The summed E-state index contributed by atoms with van der Waals surface area (Å²) in [5.41, 5.74) is 0.938. The molecule has 2 N–H and O–H groups in total. The quantitative estimate of drug-likeness (QED) is 0.669. The van der Waals surface area contributed by atoms with Crippen LogP contribution in [0.4, 0.5) is 0 Å². The summed E-state index contributed by atoms with van der Waals surface area (Å²) in [5, 5.41) is 14.2. The highest BCUT2D eigenvalue weighted by molar-refractivity contribution is 7.98. The molecule has 0 fully saturated rings. The van der Waals surface area contributed by atoms with Crippen molar-refractivity contribution >= 4 is 17.7 Å². The zero-order valence-corrected chi connectivity index (χ0v) is 13.5. The number of H-pyrrole nitrogens is 1. The second-order valence-electron chi connectivity index (χ2n) is 4.99. The van der Waals surface area contributed by atoms with Crippen LogP contribution in [0.2, 0.25) is 0 Å². The second kappa shape index (κ2) is 6.69. The normalized spacial score (nSPS) is 12.3. The molecule has 1 amide bonds. The molecular formula is C14H16N6O2S. The van der Waals surface area contributed by atoms with Crippen LogP contribution in [0.1, 0.15) is 34.8 Å². The van der Waals surface area contributed by atoms with Gasteiger partial charge in [-0.15, -0.1) is 0 Å². The summed E-state index contributed by atoms with van der Waals surface area (Å²) in [5.74, 6) is 1.30. The van der Waals surface area contributed by atoms with Gasteiger partial charge in [-0.2, -0.15) is 10.2 Å². The number of aryl methyl sites for hydroxylation is 1. The minimum atomic E-state index is -0.253. The number of nitrogens with one attached hydrogen (secondary N) is 2. The molecule has 3 aromatic heterocycles. The van der Waals surface area contributed by atoms with Crippen molar-refractivity contribution in [1.82, 2.24) is 30.3 Å². The van der Waals surface area contributed by atoms with E-state index in [0.29, 0.717) is 16.7 Å². The molecule has 3 aromatic rings. The number of amides is 1. The lowest BCUT2D eigenvalue weighted by atomic mass is 10.2. The molecule has 23 heavy (non-hydrogen) atoms. The third-order valence-electron chi connectivity index (χ3n) is 3.20. The molecule has 0 saturated carbocycles. The minimum Gasteiger partial charge on any atom is -0.455 e. The van der Waals surface area contributed by atoms with Crippen molar-refractivity contribution in [3.63, 3.8) is 0 Å². The number of thioether (sulfide) groups is 1. The van der Waals surface area contributed by atoms with Crippen LogP contribution in [0.5, 0.6) is 0 Å². The molecular weight excluding hydrogens is 316 g/mol. The topological polar surface area (TPSA) is 102 Å². The highest BCUT2D eigenvalue weighted by Gasteiger charge is 2.16. The Morgan fingerprint density at radius 1 is 1.52 bits per heavy atom. The molecule has 0 aliphatic heterocycles. The van der Waals surface area contributed by atoms with Crippen LogP contribution < -0.4 is 5.32 Å². The van der Waals surface area contributed by atoms with Crippen LogP contribution in [-0.4, -0.2) is 30.9 Å². The molecule has 0 bridgehead atoms. The molecule has 120 valence electrons. The molecule has 3 rings (SSSR count). The van der Waals surface area contributed by atoms with Gasteiger partial charge in [0.2, 0.25) is 0 Å². The molecule has 0 aromatic carbocycles. The minimum absolute atomic E-state index is 0.145. The van der Waals surface area contributed by atoms with E-state index in [1.165, 1.54) is 18.1 Å². The summed E-state index contributed by atoms with van der Waals surface area (Å²) < 4.78 is 7.27. The van der Waals surface area contributed by atoms with Gasteiger partial charge in [-0.25, -0.2) is 4.98 Å². The lowest BCUT2D eigenvalue weighted by Crippen LogP contribution is -2.26. The Labute approximate surface area is 136 Å². The van der Waals surface area contributed by atoms with Crippen LogP contribution >= 0.6 is 11.8 Å². The summed E-state index contributed by atoms with van der Waals surface area (Å²) >= 11 is 1.45. The van der Waals surface area contributed by atoms with Gasteiger partial charge in [0.05, 0.1) is 18.0 Å². The predicted molar refractivity (Wildman–Crippen MR) is 83.7 cm³/mol. The first-order chi connectivity index (χ1) is 11.1. The molecule has 1 atom stereocenters. The molecule has 9 heteroatoms. The first-order valence-corrected chi connectivity index (χ1v) is 7.96. The van der Waals surface area contributed by atoms with E-state index in [0.717, 1.165) is 5.56 Å². The maximum Gasteiger partial charge on any atom is 0.287 e. The summed E-state index contributed by atoms with van der Waals surface area (Å²) in [6.07, 6.45) is 5.04. The van der Waals surface area contributed by atoms with Gasteiger partial charge in [0.15, 0.2) is 10.9 Å². The van der Waals surface area contributed by atoms with E-state index in [4.69, 9.17) is 4.42 Å². The summed E-state index contributed by atoms with van der Waals surface area (Å²) in [4.78, 5) is 16.2. The van der Waals surface area contributed by atoms with Crippen LogP contribution in [-0.2, 0) is 12.8 Å². The van der Waals surface area contributed by atoms with Gasteiger partial charge in [0.25, 0.3) is 5.91 Å². The van der Waals surface area contributed by atoms with Gasteiger partial charge in [-0.05, 0) is 19.1 Å².